The number of carbonyl (C=O) groups is 3. The molecule has 1 fully saturated rings. The zero-order valence-electron chi connectivity index (χ0n) is 15.5. The highest BCUT2D eigenvalue weighted by atomic mass is 16.6. The van der Waals surface area contributed by atoms with Gasteiger partial charge in [0.05, 0.1) is 0 Å². The second-order valence-corrected chi connectivity index (χ2v) is 7.41. The van der Waals surface area contributed by atoms with Crippen molar-refractivity contribution in [2.45, 2.75) is 46.3 Å². The van der Waals surface area contributed by atoms with Crippen molar-refractivity contribution >= 4 is 17.8 Å². The lowest BCUT2D eigenvalue weighted by Crippen LogP contribution is -2.56. The Labute approximate surface area is 148 Å². The first-order valence-corrected chi connectivity index (χ1v) is 8.48. The molecule has 0 radical (unpaired) electrons. The summed E-state index contributed by atoms with van der Waals surface area (Å²) in [7, 11) is 0. The fourth-order valence-corrected chi connectivity index (χ4v) is 2.79. The molecule has 1 aromatic rings. The van der Waals surface area contributed by atoms with Gasteiger partial charge in [-0.1, -0.05) is 12.1 Å². The first-order chi connectivity index (χ1) is 11.6. The summed E-state index contributed by atoms with van der Waals surface area (Å²) in [5.74, 6) is -0.198. The number of piperazine rings is 1. The average molecular weight is 346 g/mol. The molecule has 136 valence electrons. The van der Waals surface area contributed by atoms with Crippen LogP contribution >= 0.6 is 0 Å². The molecule has 0 aromatic heterocycles. The third kappa shape index (κ3) is 4.81. The minimum absolute atomic E-state index is 0.0715. The van der Waals surface area contributed by atoms with E-state index in [9.17, 15) is 14.4 Å². The lowest BCUT2D eigenvalue weighted by molar-refractivity contribution is 0.00198. The number of Topliss-reactive ketones (excluding diaryl/α,β-unsaturated/α-hetero) is 1. The Morgan fingerprint density at radius 3 is 2.32 bits per heavy atom. The van der Waals surface area contributed by atoms with Crippen LogP contribution < -0.4 is 0 Å². The molecule has 1 atom stereocenters. The summed E-state index contributed by atoms with van der Waals surface area (Å²) in [5, 5.41) is 0. The summed E-state index contributed by atoms with van der Waals surface area (Å²) in [6.07, 6.45) is -0.356. The van der Waals surface area contributed by atoms with Crippen LogP contribution in [0.3, 0.4) is 0 Å². The summed E-state index contributed by atoms with van der Waals surface area (Å²) in [4.78, 5) is 39.8. The Kier molecular flexibility index (Phi) is 5.50. The second-order valence-electron chi connectivity index (χ2n) is 7.41. The van der Waals surface area contributed by atoms with E-state index >= 15 is 0 Å². The summed E-state index contributed by atoms with van der Waals surface area (Å²) in [6, 6.07) is 6.60. The van der Waals surface area contributed by atoms with Crippen molar-refractivity contribution in [3.8, 4) is 0 Å². The maximum absolute atomic E-state index is 12.7. The smallest absolute Gasteiger partial charge is 0.410 e. The van der Waals surface area contributed by atoms with Crippen LogP contribution in [0.5, 0.6) is 0 Å². The van der Waals surface area contributed by atoms with Crippen molar-refractivity contribution in [1.82, 2.24) is 9.80 Å². The molecular weight excluding hydrogens is 320 g/mol. The first-order valence-electron chi connectivity index (χ1n) is 8.48. The topological polar surface area (TPSA) is 66.9 Å². The molecule has 6 heteroatoms. The molecule has 2 rings (SSSR count). The predicted octanol–water partition coefficient (Wildman–Crippen LogP) is 2.97. The van der Waals surface area contributed by atoms with Crippen LogP contribution in [0, 0.1) is 0 Å². The van der Waals surface area contributed by atoms with Crippen LogP contribution in [0.25, 0.3) is 0 Å². The normalized spacial score (nSPS) is 18.0. The highest BCUT2D eigenvalue weighted by Gasteiger charge is 2.32. The number of carbonyl (C=O) groups excluding carboxylic acids is 3. The standard InChI is InChI=1S/C19H26N2O4/c1-13-12-20(9-10-21(13)18(24)25-19(3,4)5)17(23)16-8-6-7-15(11-16)14(2)22/h6-8,11,13H,9-10,12H2,1-5H3/t13-/m0/s1. The zero-order chi connectivity index (χ0) is 18.8. The number of ketones is 1. The molecule has 0 N–H and O–H groups in total. The van der Waals surface area contributed by atoms with Gasteiger partial charge >= 0.3 is 6.09 Å². The molecule has 1 saturated heterocycles. The summed E-state index contributed by atoms with van der Waals surface area (Å²) < 4.78 is 5.42. The van der Waals surface area contributed by atoms with Crippen molar-refractivity contribution in [2.24, 2.45) is 0 Å². The van der Waals surface area contributed by atoms with Gasteiger partial charge in [0, 0.05) is 36.8 Å². The highest BCUT2D eigenvalue weighted by molar-refractivity contribution is 5.99. The van der Waals surface area contributed by atoms with Crippen molar-refractivity contribution in [3.05, 3.63) is 35.4 Å². The van der Waals surface area contributed by atoms with Crippen LogP contribution in [0.4, 0.5) is 4.79 Å². The van der Waals surface area contributed by atoms with E-state index in [1.165, 1.54) is 6.92 Å². The summed E-state index contributed by atoms with van der Waals surface area (Å²) >= 11 is 0. The molecule has 0 aliphatic carbocycles. The van der Waals surface area contributed by atoms with E-state index in [0.29, 0.717) is 30.8 Å². The third-order valence-electron chi connectivity index (χ3n) is 4.06. The molecule has 1 aliphatic heterocycles. The number of ether oxygens (including phenoxy) is 1. The molecule has 25 heavy (non-hydrogen) atoms. The molecule has 0 bridgehead atoms. The van der Waals surface area contributed by atoms with E-state index in [1.54, 1.807) is 34.1 Å². The molecule has 0 saturated carbocycles. The van der Waals surface area contributed by atoms with Crippen molar-refractivity contribution in [3.63, 3.8) is 0 Å². The molecule has 1 heterocycles. The van der Waals surface area contributed by atoms with E-state index in [2.05, 4.69) is 0 Å². The Morgan fingerprint density at radius 1 is 1.12 bits per heavy atom. The maximum Gasteiger partial charge on any atom is 0.410 e. The van der Waals surface area contributed by atoms with Gasteiger partial charge in [0.25, 0.3) is 5.91 Å². The molecule has 6 nitrogen and oxygen atoms in total. The fourth-order valence-electron chi connectivity index (χ4n) is 2.79. The Morgan fingerprint density at radius 2 is 1.76 bits per heavy atom. The Bertz CT molecular complexity index is 678. The van der Waals surface area contributed by atoms with Gasteiger partial charge in [-0.3, -0.25) is 9.59 Å². The second kappa shape index (κ2) is 7.25. The van der Waals surface area contributed by atoms with E-state index in [4.69, 9.17) is 4.74 Å². The largest absolute Gasteiger partial charge is 0.444 e. The molecular formula is C19H26N2O4. The van der Waals surface area contributed by atoms with Gasteiger partial charge < -0.3 is 14.5 Å². The average Bonchev–Trinajstić information content (AvgIpc) is 2.52. The number of nitrogens with zero attached hydrogens (tertiary/aromatic N) is 2. The summed E-state index contributed by atoms with van der Waals surface area (Å²) in [6.45, 7) is 10.2. The van der Waals surface area contributed by atoms with E-state index in [-0.39, 0.29) is 23.8 Å². The number of amides is 2. The third-order valence-corrected chi connectivity index (χ3v) is 4.06. The van der Waals surface area contributed by atoms with Gasteiger partial charge in [-0.25, -0.2) is 4.79 Å². The number of benzene rings is 1. The minimum Gasteiger partial charge on any atom is -0.444 e. The Hall–Kier alpha value is -2.37. The number of hydrogen-bond acceptors (Lipinski definition) is 4. The van der Waals surface area contributed by atoms with E-state index < -0.39 is 5.60 Å². The van der Waals surface area contributed by atoms with E-state index in [0.717, 1.165) is 0 Å². The summed E-state index contributed by atoms with van der Waals surface area (Å²) in [5.41, 5.74) is 0.466. The lowest BCUT2D eigenvalue weighted by Gasteiger charge is -2.40. The molecule has 0 unspecified atom stereocenters. The van der Waals surface area contributed by atoms with Crippen molar-refractivity contribution in [2.75, 3.05) is 19.6 Å². The quantitative estimate of drug-likeness (QED) is 0.772. The van der Waals surface area contributed by atoms with Crippen molar-refractivity contribution < 1.29 is 19.1 Å². The van der Waals surface area contributed by atoms with Gasteiger partial charge in [-0.15, -0.1) is 0 Å². The highest BCUT2D eigenvalue weighted by Crippen LogP contribution is 2.18. The molecule has 2 amide bonds. The molecule has 1 aliphatic rings. The number of hydrogen-bond donors (Lipinski definition) is 0. The molecule has 0 spiro atoms. The zero-order valence-corrected chi connectivity index (χ0v) is 15.5. The van der Waals surface area contributed by atoms with Crippen LogP contribution in [0.1, 0.15) is 55.3 Å². The molecule has 1 aromatic carbocycles. The minimum atomic E-state index is -0.545. The van der Waals surface area contributed by atoms with Gasteiger partial charge in [0.15, 0.2) is 5.78 Å². The monoisotopic (exact) mass is 346 g/mol. The van der Waals surface area contributed by atoms with Crippen LogP contribution in [0.2, 0.25) is 0 Å². The Balaban J connectivity index is 2.05. The SMILES string of the molecule is CC(=O)c1cccc(C(=O)N2CCN(C(=O)OC(C)(C)C)[C@@H](C)C2)c1. The van der Waals surface area contributed by atoms with Gasteiger partial charge in [0.2, 0.25) is 0 Å². The predicted molar refractivity (Wildman–Crippen MR) is 94.8 cm³/mol. The fraction of sp³-hybridized carbons (Fsp3) is 0.526. The van der Waals surface area contributed by atoms with Crippen LogP contribution in [-0.4, -0.2) is 58.9 Å². The van der Waals surface area contributed by atoms with Crippen LogP contribution in [-0.2, 0) is 4.74 Å². The van der Waals surface area contributed by atoms with Crippen LogP contribution in [0.15, 0.2) is 24.3 Å². The number of rotatable bonds is 2. The van der Waals surface area contributed by atoms with Gasteiger partial charge in [-0.2, -0.15) is 0 Å². The lowest BCUT2D eigenvalue weighted by atomic mass is 10.1. The first kappa shape index (κ1) is 19.0. The van der Waals surface area contributed by atoms with Gasteiger partial charge in [0.1, 0.15) is 5.60 Å². The maximum atomic E-state index is 12.7. The van der Waals surface area contributed by atoms with Crippen molar-refractivity contribution in [1.29, 1.82) is 0 Å². The van der Waals surface area contributed by atoms with E-state index in [1.807, 2.05) is 27.7 Å². The van der Waals surface area contributed by atoms with Gasteiger partial charge in [-0.05, 0) is 46.8 Å².